The molecule has 1 aliphatic heterocycles. The van der Waals surface area contributed by atoms with Gasteiger partial charge in [0.05, 0.1) is 17.1 Å². The smallest absolute Gasteiger partial charge is 0.338 e. The fraction of sp³-hybridized carbons (Fsp3) is 0.500. The van der Waals surface area contributed by atoms with Crippen LogP contribution in [0.25, 0.3) is 0 Å². The number of nitrogens with one attached hydrogen (secondary N) is 2. The number of esters is 1. The van der Waals surface area contributed by atoms with Crippen LogP contribution in [0.3, 0.4) is 0 Å². The van der Waals surface area contributed by atoms with Gasteiger partial charge < -0.3 is 10.1 Å². The van der Waals surface area contributed by atoms with Crippen molar-refractivity contribution in [3.05, 3.63) is 29.8 Å². The molecule has 6 nitrogen and oxygen atoms in total. The Bertz CT molecular complexity index is 583. The molecular weight excluding hydrogens is 328 g/mol. The van der Waals surface area contributed by atoms with Crippen LogP contribution in [-0.2, 0) is 14.8 Å². The second kappa shape index (κ2) is 8.47. The molecule has 1 saturated heterocycles. The van der Waals surface area contributed by atoms with Crippen LogP contribution in [0.5, 0.6) is 0 Å². The molecule has 0 unspecified atom stereocenters. The van der Waals surface area contributed by atoms with Gasteiger partial charge in [0, 0.05) is 12.6 Å². The highest BCUT2D eigenvalue weighted by Crippen LogP contribution is 2.13. The molecule has 1 atom stereocenters. The molecule has 1 heterocycles. The molecule has 0 spiro atoms. The van der Waals surface area contributed by atoms with E-state index in [0.717, 1.165) is 19.4 Å². The number of halogens is 1. The molecule has 8 heteroatoms. The summed E-state index contributed by atoms with van der Waals surface area (Å²) in [7, 11) is -3.56. The summed E-state index contributed by atoms with van der Waals surface area (Å²) >= 11 is 0. The fourth-order valence-corrected chi connectivity index (χ4v) is 3.49. The van der Waals surface area contributed by atoms with Crippen molar-refractivity contribution in [1.82, 2.24) is 10.0 Å². The molecule has 0 aromatic heterocycles. The van der Waals surface area contributed by atoms with Crippen LogP contribution in [0.1, 0.15) is 30.1 Å². The van der Waals surface area contributed by atoms with Crippen molar-refractivity contribution in [1.29, 1.82) is 0 Å². The maximum absolute atomic E-state index is 12.3. The van der Waals surface area contributed by atoms with Crippen molar-refractivity contribution < 1.29 is 17.9 Å². The summed E-state index contributed by atoms with van der Waals surface area (Å²) in [5.74, 6) is -0.453. The van der Waals surface area contributed by atoms with E-state index in [-0.39, 0.29) is 30.0 Å². The Morgan fingerprint density at radius 2 is 2.05 bits per heavy atom. The third kappa shape index (κ3) is 4.95. The Morgan fingerprint density at radius 3 is 2.59 bits per heavy atom. The van der Waals surface area contributed by atoms with Gasteiger partial charge >= 0.3 is 5.97 Å². The minimum Gasteiger partial charge on any atom is -0.462 e. The van der Waals surface area contributed by atoms with Gasteiger partial charge in [-0.05, 0) is 50.6 Å². The van der Waals surface area contributed by atoms with Crippen LogP contribution in [0.4, 0.5) is 0 Å². The van der Waals surface area contributed by atoms with Crippen LogP contribution < -0.4 is 10.0 Å². The molecule has 124 valence electrons. The second-order valence-corrected chi connectivity index (χ2v) is 6.62. The van der Waals surface area contributed by atoms with Crippen molar-refractivity contribution in [2.24, 2.45) is 0 Å². The van der Waals surface area contributed by atoms with E-state index in [4.69, 9.17) is 4.74 Å². The van der Waals surface area contributed by atoms with E-state index in [2.05, 4.69) is 10.0 Å². The van der Waals surface area contributed by atoms with Crippen molar-refractivity contribution in [3.8, 4) is 0 Å². The molecule has 1 aromatic rings. The van der Waals surface area contributed by atoms with E-state index in [1.807, 2.05) is 0 Å². The Hall–Kier alpha value is -1.15. The Labute approximate surface area is 137 Å². The van der Waals surface area contributed by atoms with Gasteiger partial charge in [0.15, 0.2) is 0 Å². The van der Waals surface area contributed by atoms with Crippen molar-refractivity contribution >= 4 is 28.4 Å². The van der Waals surface area contributed by atoms with Gasteiger partial charge in [-0.25, -0.2) is 17.9 Å². The first-order valence-corrected chi connectivity index (χ1v) is 8.51. The first-order valence-electron chi connectivity index (χ1n) is 7.03. The van der Waals surface area contributed by atoms with E-state index in [9.17, 15) is 13.2 Å². The Morgan fingerprint density at radius 1 is 1.36 bits per heavy atom. The summed E-state index contributed by atoms with van der Waals surface area (Å²) in [6.07, 6.45) is 1.78. The molecule has 0 radical (unpaired) electrons. The molecule has 22 heavy (non-hydrogen) atoms. The molecule has 0 bridgehead atoms. The maximum atomic E-state index is 12.3. The first kappa shape index (κ1) is 18.9. The van der Waals surface area contributed by atoms with E-state index in [1.54, 1.807) is 6.92 Å². The minimum atomic E-state index is -3.56. The van der Waals surface area contributed by atoms with Crippen LogP contribution in [0, 0.1) is 0 Å². The van der Waals surface area contributed by atoms with Gasteiger partial charge in [0.25, 0.3) is 0 Å². The Kier molecular flexibility index (Phi) is 7.28. The number of hydrogen-bond acceptors (Lipinski definition) is 5. The monoisotopic (exact) mass is 348 g/mol. The zero-order chi connectivity index (χ0) is 15.3. The molecule has 0 amide bonds. The van der Waals surface area contributed by atoms with Crippen LogP contribution in [0.2, 0.25) is 0 Å². The minimum absolute atomic E-state index is 0. The third-order valence-corrected chi connectivity index (χ3v) is 4.83. The molecule has 0 aliphatic carbocycles. The number of benzene rings is 1. The summed E-state index contributed by atoms with van der Waals surface area (Å²) < 4.78 is 32.0. The maximum Gasteiger partial charge on any atom is 0.338 e. The third-order valence-electron chi connectivity index (χ3n) is 3.29. The highest BCUT2D eigenvalue weighted by molar-refractivity contribution is 7.89. The predicted molar refractivity (Wildman–Crippen MR) is 85.9 cm³/mol. The number of ether oxygens (including phenoxy) is 1. The number of rotatable bonds is 5. The summed E-state index contributed by atoms with van der Waals surface area (Å²) in [6.45, 7) is 3.57. The lowest BCUT2D eigenvalue weighted by Crippen LogP contribution is -2.45. The zero-order valence-corrected chi connectivity index (χ0v) is 14.0. The van der Waals surface area contributed by atoms with Crippen LogP contribution in [-0.4, -0.2) is 40.1 Å². The summed E-state index contributed by atoms with van der Waals surface area (Å²) in [5, 5.41) is 3.16. The lowest BCUT2D eigenvalue weighted by molar-refractivity contribution is 0.0526. The quantitative estimate of drug-likeness (QED) is 0.784. The standard InChI is InChI=1S/C14H20N2O4S.ClH/c1-2-20-14(17)11-5-7-13(8-6-11)21(18,19)16-12-4-3-9-15-10-12;/h5-8,12,15-16H,2-4,9-10H2,1H3;1H/t12-;/m1./s1. The molecule has 0 saturated carbocycles. The first-order chi connectivity index (χ1) is 10.0. The topological polar surface area (TPSA) is 84.5 Å². The van der Waals surface area contributed by atoms with Gasteiger partial charge in [0.1, 0.15) is 0 Å². The molecule has 1 fully saturated rings. The highest BCUT2D eigenvalue weighted by atomic mass is 35.5. The summed E-state index contributed by atoms with van der Waals surface area (Å²) in [6, 6.07) is 5.68. The number of piperidine rings is 1. The highest BCUT2D eigenvalue weighted by Gasteiger charge is 2.21. The molecule has 2 rings (SSSR count). The van der Waals surface area contributed by atoms with Gasteiger partial charge in [0.2, 0.25) is 10.0 Å². The Balaban J connectivity index is 0.00000242. The predicted octanol–water partition coefficient (Wildman–Crippen LogP) is 1.32. The van der Waals surface area contributed by atoms with Gasteiger partial charge in [-0.2, -0.15) is 0 Å². The molecule has 2 N–H and O–H groups in total. The molecule has 1 aromatic carbocycles. The number of sulfonamides is 1. The van der Waals surface area contributed by atoms with Crippen molar-refractivity contribution in [2.75, 3.05) is 19.7 Å². The fourth-order valence-electron chi connectivity index (χ4n) is 2.22. The molecular formula is C14H21ClN2O4S. The SMILES string of the molecule is CCOC(=O)c1ccc(S(=O)(=O)N[C@@H]2CCCNC2)cc1.Cl. The zero-order valence-electron chi connectivity index (χ0n) is 12.4. The number of carbonyl (C=O) groups excluding carboxylic acids is 1. The summed E-state index contributed by atoms with van der Waals surface area (Å²) in [4.78, 5) is 11.7. The van der Waals surface area contributed by atoms with Crippen LogP contribution >= 0.6 is 12.4 Å². The van der Waals surface area contributed by atoms with E-state index < -0.39 is 16.0 Å². The van der Waals surface area contributed by atoms with Crippen molar-refractivity contribution in [3.63, 3.8) is 0 Å². The van der Waals surface area contributed by atoms with Gasteiger partial charge in [-0.1, -0.05) is 0 Å². The largest absolute Gasteiger partial charge is 0.462 e. The number of carbonyl (C=O) groups is 1. The van der Waals surface area contributed by atoms with E-state index >= 15 is 0 Å². The lowest BCUT2D eigenvalue weighted by Gasteiger charge is -2.23. The molecule has 1 aliphatic rings. The second-order valence-electron chi connectivity index (χ2n) is 4.91. The number of hydrogen-bond donors (Lipinski definition) is 2. The average molecular weight is 349 g/mol. The lowest BCUT2D eigenvalue weighted by atomic mass is 10.1. The van der Waals surface area contributed by atoms with Crippen molar-refractivity contribution in [2.45, 2.75) is 30.7 Å². The average Bonchev–Trinajstić information content (AvgIpc) is 2.48. The van der Waals surface area contributed by atoms with Gasteiger partial charge in [-0.15, -0.1) is 12.4 Å². The summed E-state index contributed by atoms with van der Waals surface area (Å²) in [5.41, 5.74) is 0.343. The van der Waals surface area contributed by atoms with Crippen LogP contribution in [0.15, 0.2) is 29.2 Å². The van der Waals surface area contributed by atoms with E-state index in [1.165, 1.54) is 24.3 Å². The normalized spacial score (nSPS) is 18.3. The van der Waals surface area contributed by atoms with E-state index in [0.29, 0.717) is 12.1 Å². The van der Waals surface area contributed by atoms with Gasteiger partial charge in [-0.3, -0.25) is 0 Å².